The zero-order chi connectivity index (χ0) is 12.4. The van der Waals surface area contributed by atoms with Gasteiger partial charge in [-0.25, -0.2) is 15.0 Å². The zero-order valence-corrected chi connectivity index (χ0v) is 10.2. The Hall–Kier alpha value is -1.69. The second kappa shape index (κ2) is 4.89. The molecule has 2 aromatic rings. The lowest BCUT2D eigenvalue weighted by Crippen LogP contribution is -2.06. The van der Waals surface area contributed by atoms with Gasteiger partial charge in [-0.3, -0.25) is 0 Å². The molecular formula is C12H17N5O. The van der Waals surface area contributed by atoms with Crippen LogP contribution in [0.2, 0.25) is 0 Å². The molecule has 0 bridgehead atoms. The molecule has 6 nitrogen and oxygen atoms in total. The third-order valence-corrected chi connectivity index (χ3v) is 3.31. The maximum atomic E-state index is 5.85. The summed E-state index contributed by atoms with van der Waals surface area (Å²) in [6, 6.07) is 0. The number of aromatic nitrogens is 4. The number of hydrogen-bond donors (Lipinski definition) is 2. The first kappa shape index (κ1) is 11.4. The first-order valence-corrected chi connectivity index (χ1v) is 6.40. The van der Waals surface area contributed by atoms with Gasteiger partial charge >= 0.3 is 0 Å². The van der Waals surface area contributed by atoms with Gasteiger partial charge in [-0.05, 0) is 25.7 Å². The predicted molar refractivity (Wildman–Crippen MR) is 68.0 cm³/mol. The smallest absolute Gasteiger partial charge is 0.183 e. The van der Waals surface area contributed by atoms with Crippen molar-refractivity contribution in [3.05, 3.63) is 12.2 Å². The average molecular weight is 247 g/mol. The number of aryl methyl sites for hydroxylation is 1. The van der Waals surface area contributed by atoms with Crippen molar-refractivity contribution < 1.29 is 4.74 Å². The maximum absolute atomic E-state index is 5.85. The van der Waals surface area contributed by atoms with Crippen LogP contribution in [-0.2, 0) is 11.2 Å². The van der Waals surface area contributed by atoms with Crippen LogP contribution in [0.1, 0.15) is 31.5 Å². The Morgan fingerprint density at radius 1 is 1.44 bits per heavy atom. The minimum atomic E-state index is 0.427. The molecule has 96 valence electrons. The first-order chi connectivity index (χ1) is 8.83. The van der Waals surface area contributed by atoms with E-state index in [4.69, 9.17) is 10.5 Å². The van der Waals surface area contributed by atoms with Crippen molar-refractivity contribution in [2.24, 2.45) is 0 Å². The third-order valence-electron chi connectivity index (χ3n) is 3.31. The van der Waals surface area contributed by atoms with Gasteiger partial charge < -0.3 is 15.5 Å². The van der Waals surface area contributed by atoms with Crippen molar-refractivity contribution in [1.82, 2.24) is 19.9 Å². The number of nitrogens with one attached hydrogen (secondary N) is 1. The summed E-state index contributed by atoms with van der Waals surface area (Å²) >= 11 is 0. The summed E-state index contributed by atoms with van der Waals surface area (Å²) in [4.78, 5) is 15.7. The highest BCUT2D eigenvalue weighted by molar-refractivity contribution is 5.80. The molecule has 0 radical (unpaired) electrons. The number of nitrogen functional groups attached to an aromatic ring is 1. The molecule has 1 saturated heterocycles. The Balaban J connectivity index is 1.63. The van der Waals surface area contributed by atoms with E-state index in [1.807, 2.05) is 0 Å². The van der Waals surface area contributed by atoms with E-state index >= 15 is 0 Å². The van der Waals surface area contributed by atoms with Crippen LogP contribution in [0.15, 0.2) is 6.33 Å². The van der Waals surface area contributed by atoms with Crippen molar-refractivity contribution in [2.75, 3.05) is 12.3 Å². The molecule has 3 N–H and O–H groups in total. The molecule has 0 saturated carbocycles. The van der Waals surface area contributed by atoms with E-state index in [2.05, 4.69) is 19.9 Å². The molecule has 2 aromatic heterocycles. The Morgan fingerprint density at radius 2 is 2.39 bits per heavy atom. The number of nitrogens with zero attached hydrogens (tertiary/aromatic N) is 3. The van der Waals surface area contributed by atoms with Crippen LogP contribution < -0.4 is 5.73 Å². The first-order valence-electron chi connectivity index (χ1n) is 6.40. The normalized spacial score (nSPS) is 19.7. The second-order valence-corrected chi connectivity index (χ2v) is 4.65. The molecule has 18 heavy (non-hydrogen) atoms. The number of fused-ring (bicyclic) bond motifs is 1. The van der Waals surface area contributed by atoms with Crippen LogP contribution in [0.5, 0.6) is 0 Å². The van der Waals surface area contributed by atoms with E-state index < -0.39 is 0 Å². The Kier molecular flexibility index (Phi) is 3.10. The Morgan fingerprint density at radius 3 is 3.22 bits per heavy atom. The molecule has 1 aliphatic heterocycles. The number of anilines is 1. The van der Waals surface area contributed by atoms with Gasteiger partial charge in [0.2, 0.25) is 0 Å². The van der Waals surface area contributed by atoms with Gasteiger partial charge in [-0.2, -0.15) is 0 Å². The predicted octanol–water partition coefficient (Wildman–Crippen LogP) is 1.44. The molecule has 0 aromatic carbocycles. The van der Waals surface area contributed by atoms with E-state index in [1.54, 1.807) is 6.33 Å². The van der Waals surface area contributed by atoms with Gasteiger partial charge in [0, 0.05) is 13.0 Å². The lowest BCUT2D eigenvalue weighted by atomic mass is 10.1. The summed E-state index contributed by atoms with van der Waals surface area (Å²) in [5, 5.41) is 0. The second-order valence-electron chi connectivity index (χ2n) is 4.65. The summed E-state index contributed by atoms with van der Waals surface area (Å²) in [6.45, 7) is 0.910. The molecule has 0 amide bonds. The van der Waals surface area contributed by atoms with Crippen LogP contribution >= 0.6 is 0 Å². The van der Waals surface area contributed by atoms with E-state index in [9.17, 15) is 0 Å². The van der Waals surface area contributed by atoms with Crippen LogP contribution in [0.3, 0.4) is 0 Å². The monoisotopic (exact) mass is 247 g/mol. The highest BCUT2D eigenvalue weighted by atomic mass is 16.5. The lowest BCUT2D eigenvalue weighted by Gasteiger charge is -2.08. The number of nitrogens with two attached hydrogens (primary N) is 1. The molecule has 6 heteroatoms. The molecule has 1 unspecified atom stereocenters. The van der Waals surface area contributed by atoms with Gasteiger partial charge in [0.1, 0.15) is 11.3 Å². The van der Waals surface area contributed by atoms with Crippen LogP contribution in [-0.4, -0.2) is 32.6 Å². The van der Waals surface area contributed by atoms with Gasteiger partial charge in [0.05, 0.1) is 12.4 Å². The fourth-order valence-electron chi connectivity index (χ4n) is 2.37. The highest BCUT2D eigenvalue weighted by Crippen LogP contribution is 2.18. The topological polar surface area (TPSA) is 89.7 Å². The molecule has 1 atom stereocenters. The Labute approximate surface area is 105 Å². The minimum Gasteiger partial charge on any atom is -0.382 e. The van der Waals surface area contributed by atoms with Crippen molar-refractivity contribution in [3.63, 3.8) is 0 Å². The quantitative estimate of drug-likeness (QED) is 0.853. The van der Waals surface area contributed by atoms with E-state index in [-0.39, 0.29) is 0 Å². The number of imidazole rings is 1. The molecule has 3 heterocycles. The number of aromatic amines is 1. The third kappa shape index (κ3) is 2.28. The fourth-order valence-corrected chi connectivity index (χ4v) is 2.37. The molecule has 1 fully saturated rings. The largest absolute Gasteiger partial charge is 0.382 e. The number of rotatable bonds is 4. The van der Waals surface area contributed by atoms with Gasteiger partial charge in [-0.1, -0.05) is 0 Å². The maximum Gasteiger partial charge on any atom is 0.183 e. The average Bonchev–Trinajstić information content (AvgIpc) is 2.99. The number of H-pyrrole nitrogens is 1. The summed E-state index contributed by atoms with van der Waals surface area (Å²) < 4.78 is 5.59. The molecule has 0 spiro atoms. The summed E-state index contributed by atoms with van der Waals surface area (Å²) in [5.41, 5.74) is 7.22. The Bertz CT molecular complexity index is 532. The summed E-state index contributed by atoms with van der Waals surface area (Å²) in [6.07, 6.45) is 7.31. The SMILES string of the molecule is Nc1nc(CCCC2CCCO2)nc2nc[nH]c12. The van der Waals surface area contributed by atoms with Gasteiger partial charge in [-0.15, -0.1) is 0 Å². The summed E-state index contributed by atoms with van der Waals surface area (Å²) in [5.74, 6) is 1.25. The van der Waals surface area contributed by atoms with E-state index in [1.165, 1.54) is 12.8 Å². The van der Waals surface area contributed by atoms with Gasteiger partial charge in [0.25, 0.3) is 0 Å². The molecule has 3 rings (SSSR count). The number of hydrogen-bond acceptors (Lipinski definition) is 5. The number of ether oxygens (including phenoxy) is 1. The van der Waals surface area contributed by atoms with Crippen molar-refractivity contribution in [1.29, 1.82) is 0 Å². The van der Waals surface area contributed by atoms with Crippen molar-refractivity contribution in [2.45, 2.75) is 38.2 Å². The van der Waals surface area contributed by atoms with Crippen molar-refractivity contribution in [3.8, 4) is 0 Å². The molecule has 1 aliphatic rings. The molecular weight excluding hydrogens is 230 g/mol. The standard InChI is InChI=1S/C12H17N5O/c13-11-10-12(15-7-14-10)17-9(16-11)5-1-3-8-4-2-6-18-8/h7-8H,1-6H2,(H3,13,14,15,16,17). The van der Waals surface area contributed by atoms with Crippen molar-refractivity contribution >= 4 is 17.0 Å². The van der Waals surface area contributed by atoms with E-state index in [0.29, 0.717) is 17.6 Å². The lowest BCUT2D eigenvalue weighted by molar-refractivity contribution is 0.102. The summed E-state index contributed by atoms with van der Waals surface area (Å²) in [7, 11) is 0. The zero-order valence-electron chi connectivity index (χ0n) is 10.2. The minimum absolute atomic E-state index is 0.427. The van der Waals surface area contributed by atoms with E-state index in [0.717, 1.165) is 37.2 Å². The van der Waals surface area contributed by atoms with Crippen LogP contribution in [0.25, 0.3) is 11.2 Å². The highest BCUT2D eigenvalue weighted by Gasteiger charge is 2.15. The fraction of sp³-hybridized carbons (Fsp3) is 0.583. The van der Waals surface area contributed by atoms with Gasteiger partial charge in [0.15, 0.2) is 11.5 Å². The van der Waals surface area contributed by atoms with Crippen LogP contribution in [0, 0.1) is 0 Å². The molecule has 0 aliphatic carbocycles. The van der Waals surface area contributed by atoms with Crippen LogP contribution in [0.4, 0.5) is 5.82 Å².